The number of hydrogen-bond donors (Lipinski definition) is 1. The van der Waals surface area contributed by atoms with Gasteiger partial charge >= 0.3 is 13.8 Å². The van der Waals surface area contributed by atoms with E-state index in [9.17, 15) is 14.3 Å². The SMILES string of the molecule is CC/C=C\C/C=C\C/C=C\C/C=C\CCCCCCCCC(=O)OC(COCCC/C=C\C/C=C\C/C=C\C/C=C\CC)COP(=O)(O)OCC[N+](C)(C)C. The summed E-state index contributed by atoms with van der Waals surface area (Å²) in [5, 5.41) is 0. The number of quaternary nitrogens is 1. The summed E-state index contributed by atoms with van der Waals surface area (Å²) in [6.45, 7) is 5.18. The number of phosphoric acid groups is 1. The number of hydrogen-bond acceptors (Lipinski definition) is 6. The Hall–Kier alpha value is -2.58. The van der Waals surface area contributed by atoms with Crippen LogP contribution in [0.1, 0.15) is 129 Å². The minimum atomic E-state index is -4.30. The van der Waals surface area contributed by atoms with E-state index in [1.54, 1.807) is 0 Å². The van der Waals surface area contributed by atoms with Gasteiger partial charge in [0.2, 0.25) is 0 Å². The maximum atomic E-state index is 12.7. The summed E-state index contributed by atoms with van der Waals surface area (Å²) < 4.78 is 34.8. The maximum Gasteiger partial charge on any atom is 0.472 e. The molecule has 0 aromatic rings. The molecule has 0 saturated carbocycles. The fourth-order valence-corrected chi connectivity index (χ4v) is 5.70. The first kappa shape index (κ1) is 52.4. The molecule has 0 heterocycles. The zero-order valence-electron chi connectivity index (χ0n) is 35.4. The van der Waals surface area contributed by atoms with Crippen LogP contribution in [-0.4, -0.2) is 75.6 Å². The Bertz CT molecular complexity index is 1190. The average Bonchev–Trinajstić information content (AvgIpc) is 3.13. The molecule has 314 valence electrons. The first-order chi connectivity index (χ1) is 26.6. The number of carbonyl (C=O) groups is 1. The van der Waals surface area contributed by atoms with Crippen molar-refractivity contribution < 1.29 is 37.3 Å². The topological polar surface area (TPSA) is 91.3 Å². The zero-order valence-corrected chi connectivity index (χ0v) is 36.3. The third kappa shape index (κ3) is 42.4. The van der Waals surface area contributed by atoms with Crippen LogP contribution in [0.2, 0.25) is 0 Å². The van der Waals surface area contributed by atoms with Crippen molar-refractivity contribution in [2.75, 3.05) is 54.1 Å². The zero-order chi connectivity index (χ0) is 40.6. The van der Waals surface area contributed by atoms with Gasteiger partial charge in [-0.25, -0.2) is 4.57 Å². The quantitative estimate of drug-likeness (QED) is 0.0220. The molecule has 0 saturated heterocycles. The number of nitrogens with zero attached hydrogens (tertiary/aromatic N) is 1. The van der Waals surface area contributed by atoms with Crippen LogP contribution in [0, 0.1) is 0 Å². The summed E-state index contributed by atoms with van der Waals surface area (Å²) >= 11 is 0. The fourth-order valence-electron chi connectivity index (χ4n) is 4.96. The molecule has 8 nitrogen and oxygen atoms in total. The second-order valence-corrected chi connectivity index (χ2v) is 16.1. The minimum absolute atomic E-state index is 0.0694. The lowest BCUT2D eigenvalue weighted by Gasteiger charge is -2.24. The highest BCUT2D eigenvalue weighted by molar-refractivity contribution is 7.47. The molecule has 0 rings (SSSR count). The van der Waals surface area contributed by atoms with Crippen molar-refractivity contribution in [2.24, 2.45) is 0 Å². The lowest BCUT2D eigenvalue weighted by molar-refractivity contribution is -0.870. The van der Waals surface area contributed by atoms with Crippen LogP contribution in [0.4, 0.5) is 0 Å². The molecule has 0 fully saturated rings. The van der Waals surface area contributed by atoms with Gasteiger partial charge in [-0.1, -0.05) is 137 Å². The molecule has 0 aliphatic carbocycles. The van der Waals surface area contributed by atoms with E-state index in [1.165, 1.54) is 12.8 Å². The van der Waals surface area contributed by atoms with Crippen molar-refractivity contribution in [1.29, 1.82) is 0 Å². The summed E-state index contributed by atoms with van der Waals surface area (Å²) in [6, 6.07) is 0. The largest absolute Gasteiger partial charge is 0.472 e. The van der Waals surface area contributed by atoms with Gasteiger partial charge in [0, 0.05) is 13.0 Å². The van der Waals surface area contributed by atoms with Crippen molar-refractivity contribution in [1.82, 2.24) is 0 Å². The number of phosphoric ester groups is 1. The third-order valence-corrected chi connectivity index (χ3v) is 9.13. The minimum Gasteiger partial charge on any atom is -0.457 e. The summed E-state index contributed by atoms with van der Waals surface area (Å²) in [4.78, 5) is 22.9. The second-order valence-electron chi connectivity index (χ2n) is 14.6. The van der Waals surface area contributed by atoms with Gasteiger partial charge in [0.1, 0.15) is 19.3 Å². The number of allylic oxidation sites excluding steroid dienone is 16. The van der Waals surface area contributed by atoms with Crippen LogP contribution in [0.5, 0.6) is 0 Å². The van der Waals surface area contributed by atoms with Crippen molar-refractivity contribution in [2.45, 2.75) is 136 Å². The molecular weight excluding hydrogens is 709 g/mol. The van der Waals surface area contributed by atoms with Gasteiger partial charge in [-0.3, -0.25) is 13.8 Å². The van der Waals surface area contributed by atoms with Crippen molar-refractivity contribution in [3.63, 3.8) is 0 Å². The molecule has 0 aromatic carbocycles. The van der Waals surface area contributed by atoms with Crippen LogP contribution in [-0.2, 0) is 27.9 Å². The monoisotopic (exact) mass is 789 g/mol. The predicted octanol–water partition coefficient (Wildman–Crippen LogP) is 12.3. The Morgan fingerprint density at radius 1 is 0.564 bits per heavy atom. The summed E-state index contributed by atoms with van der Waals surface area (Å²) in [5.74, 6) is -0.352. The van der Waals surface area contributed by atoms with Crippen LogP contribution in [0.3, 0.4) is 0 Å². The standard InChI is InChI=1S/C46H78NO7P/c1-6-8-10-12-14-16-18-20-22-23-24-25-26-27-29-31-33-35-37-39-46(48)54-45(44-53-55(49,50)52-42-40-47(3,4)5)43-51-41-38-36-34-32-30-28-21-19-17-15-13-11-9-7-2/h8-11,14-17,20-22,24-25,28,32,34,45H,6-7,12-13,18-19,23,26-27,29-31,33,35-44H2,1-5H3/p+1/b10-8-,11-9-,16-14-,17-15-,22-20-,25-24-,28-21-,34-32-. The van der Waals surface area contributed by atoms with E-state index >= 15 is 0 Å². The van der Waals surface area contributed by atoms with Gasteiger partial charge in [0.25, 0.3) is 0 Å². The molecule has 9 heteroatoms. The van der Waals surface area contributed by atoms with Gasteiger partial charge in [0.05, 0.1) is 34.4 Å². The molecular formula is C46H79NO7P+. The Balaban J connectivity index is 4.38. The van der Waals surface area contributed by atoms with E-state index in [4.69, 9.17) is 18.5 Å². The molecule has 0 spiro atoms. The highest BCUT2D eigenvalue weighted by Gasteiger charge is 2.26. The molecule has 0 aliphatic rings. The maximum absolute atomic E-state index is 12.7. The van der Waals surface area contributed by atoms with Gasteiger partial charge in [-0.2, -0.15) is 0 Å². The van der Waals surface area contributed by atoms with Crippen molar-refractivity contribution in [3.05, 3.63) is 97.2 Å². The number of esters is 1. The van der Waals surface area contributed by atoms with Gasteiger partial charge in [-0.05, 0) is 83.5 Å². The van der Waals surface area contributed by atoms with Gasteiger partial charge in [-0.15, -0.1) is 0 Å². The Labute approximate surface area is 337 Å². The third-order valence-electron chi connectivity index (χ3n) is 8.14. The van der Waals surface area contributed by atoms with Crippen molar-refractivity contribution in [3.8, 4) is 0 Å². The molecule has 55 heavy (non-hydrogen) atoms. The smallest absolute Gasteiger partial charge is 0.457 e. The van der Waals surface area contributed by atoms with Gasteiger partial charge in [0.15, 0.2) is 0 Å². The van der Waals surface area contributed by atoms with Crippen molar-refractivity contribution >= 4 is 13.8 Å². The van der Waals surface area contributed by atoms with E-state index in [-0.39, 0.29) is 25.8 Å². The first-order valence-corrected chi connectivity index (χ1v) is 22.5. The number of ether oxygens (including phenoxy) is 2. The Kier molecular flexibility index (Phi) is 36.5. The normalized spacial score (nSPS) is 14.8. The number of carbonyl (C=O) groups excluding carboxylic acids is 1. The average molecular weight is 789 g/mol. The summed E-state index contributed by atoms with van der Waals surface area (Å²) in [7, 11) is 1.60. The first-order valence-electron chi connectivity index (χ1n) is 21.0. The van der Waals surface area contributed by atoms with E-state index in [2.05, 4.69) is 111 Å². The predicted molar refractivity (Wildman–Crippen MR) is 233 cm³/mol. The highest BCUT2D eigenvalue weighted by atomic mass is 31.2. The Morgan fingerprint density at radius 2 is 1.00 bits per heavy atom. The van der Waals surface area contributed by atoms with E-state index in [1.807, 2.05) is 21.1 Å². The van der Waals surface area contributed by atoms with Crippen LogP contribution < -0.4 is 0 Å². The van der Waals surface area contributed by atoms with Crippen LogP contribution in [0.15, 0.2) is 97.2 Å². The van der Waals surface area contributed by atoms with E-state index in [0.717, 1.165) is 96.3 Å². The molecule has 0 aliphatic heterocycles. The van der Waals surface area contributed by atoms with E-state index < -0.39 is 13.9 Å². The van der Waals surface area contributed by atoms with E-state index in [0.29, 0.717) is 24.1 Å². The summed E-state index contributed by atoms with van der Waals surface area (Å²) in [6.07, 6.45) is 51.7. The highest BCUT2D eigenvalue weighted by Crippen LogP contribution is 2.43. The number of unbranched alkanes of at least 4 members (excludes halogenated alkanes) is 7. The fraction of sp³-hybridized carbons (Fsp3) is 0.630. The Morgan fingerprint density at radius 3 is 1.49 bits per heavy atom. The molecule has 0 amide bonds. The van der Waals surface area contributed by atoms with Gasteiger partial charge < -0.3 is 18.9 Å². The number of rotatable bonds is 37. The molecule has 0 radical (unpaired) electrons. The molecule has 1 N–H and O–H groups in total. The molecule has 2 atom stereocenters. The molecule has 2 unspecified atom stereocenters. The molecule has 0 bridgehead atoms. The summed E-state index contributed by atoms with van der Waals surface area (Å²) in [5.41, 5.74) is 0. The molecule has 0 aromatic heterocycles. The lowest BCUT2D eigenvalue weighted by atomic mass is 10.1. The van der Waals surface area contributed by atoms with Crippen LogP contribution in [0.25, 0.3) is 0 Å². The van der Waals surface area contributed by atoms with Crippen LogP contribution >= 0.6 is 7.82 Å². The second kappa shape index (κ2) is 38.3. The lowest BCUT2D eigenvalue weighted by Crippen LogP contribution is -2.37. The number of likely N-dealkylation sites (N-methyl/N-ethyl adjacent to an activating group) is 1.